The molecule has 0 saturated heterocycles. The second kappa shape index (κ2) is 7.47. The van der Waals surface area contributed by atoms with Crippen LogP contribution in [-0.4, -0.2) is 35.7 Å². The first-order chi connectivity index (χ1) is 13.1. The van der Waals surface area contributed by atoms with Crippen molar-refractivity contribution in [2.45, 2.75) is 24.8 Å². The van der Waals surface area contributed by atoms with E-state index in [4.69, 9.17) is 4.52 Å². The van der Waals surface area contributed by atoms with E-state index in [1.807, 2.05) is 0 Å². The van der Waals surface area contributed by atoms with Crippen molar-refractivity contribution in [2.75, 3.05) is 6.26 Å². The Balaban J connectivity index is 1.98. The van der Waals surface area contributed by atoms with Gasteiger partial charge in [0.25, 0.3) is 5.91 Å². The van der Waals surface area contributed by atoms with Gasteiger partial charge in [0.2, 0.25) is 5.89 Å². The van der Waals surface area contributed by atoms with E-state index < -0.39 is 27.6 Å². The molecule has 2 aromatic heterocycles. The molecule has 1 amide bonds. The Morgan fingerprint density at radius 2 is 2.00 bits per heavy atom. The van der Waals surface area contributed by atoms with E-state index in [2.05, 4.69) is 20.4 Å². The fraction of sp³-hybridized carbons (Fsp3) is 0.222. The first-order valence-electron chi connectivity index (χ1n) is 8.21. The molecule has 28 heavy (non-hydrogen) atoms. The van der Waals surface area contributed by atoms with E-state index in [1.165, 1.54) is 30.3 Å². The summed E-state index contributed by atoms with van der Waals surface area (Å²) in [5.74, 6) is -0.396. The molecule has 0 spiro atoms. The number of pyridine rings is 1. The van der Waals surface area contributed by atoms with Gasteiger partial charge in [0.15, 0.2) is 15.7 Å². The monoisotopic (exact) mass is 404 g/mol. The minimum atomic E-state index is -3.60. The van der Waals surface area contributed by atoms with Gasteiger partial charge in [-0.1, -0.05) is 5.16 Å². The minimum Gasteiger partial charge on any atom is -0.341 e. The molecule has 1 N–H and O–H groups in total. The zero-order chi connectivity index (χ0) is 20.5. The summed E-state index contributed by atoms with van der Waals surface area (Å²) in [4.78, 5) is 20.6. The summed E-state index contributed by atoms with van der Waals surface area (Å²) in [6.45, 7) is 3.31. The van der Waals surface area contributed by atoms with Crippen LogP contribution in [0.3, 0.4) is 0 Å². The standard InChI is InChI=1S/C18H17FN4O4S/c1-10(18-22-11(2)23-27-18)21-17(24)13-6-12(7-15(8-13)28(3,25)26)16-5-4-14(19)9-20-16/h4-10H,1-3H3,(H,21,24)/t10-/m1/s1. The second-order valence-corrected chi connectivity index (χ2v) is 8.27. The van der Waals surface area contributed by atoms with Crippen molar-refractivity contribution < 1.29 is 22.1 Å². The zero-order valence-electron chi connectivity index (χ0n) is 15.3. The molecule has 3 rings (SSSR count). The van der Waals surface area contributed by atoms with Gasteiger partial charge in [0.1, 0.15) is 11.9 Å². The van der Waals surface area contributed by atoms with Gasteiger partial charge in [-0.3, -0.25) is 9.78 Å². The maximum atomic E-state index is 13.1. The normalized spacial score (nSPS) is 12.6. The van der Waals surface area contributed by atoms with E-state index in [-0.39, 0.29) is 16.3 Å². The summed E-state index contributed by atoms with van der Waals surface area (Å²) in [5, 5.41) is 6.35. The topological polar surface area (TPSA) is 115 Å². The van der Waals surface area contributed by atoms with Gasteiger partial charge in [-0.2, -0.15) is 4.98 Å². The van der Waals surface area contributed by atoms with Crippen LogP contribution >= 0.6 is 0 Å². The molecule has 0 aliphatic carbocycles. The second-order valence-electron chi connectivity index (χ2n) is 6.25. The van der Waals surface area contributed by atoms with Crippen LogP contribution in [0.25, 0.3) is 11.3 Å². The summed E-state index contributed by atoms with van der Waals surface area (Å²) in [5.41, 5.74) is 0.808. The first-order valence-corrected chi connectivity index (χ1v) is 10.1. The lowest BCUT2D eigenvalue weighted by atomic mass is 10.1. The van der Waals surface area contributed by atoms with Crippen LogP contribution < -0.4 is 5.32 Å². The number of carbonyl (C=O) groups is 1. The number of aryl methyl sites for hydroxylation is 1. The van der Waals surface area contributed by atoms with Crippen LogP contribution in [0.5, 0.6) is 0 Å². The maximum absolute atomic E-state index is 13.1. The molecule has 0 bridgehead atoms. The molecule has 2 heterocycles. The number of nitrogens with zero attached hydrogens (tertiary/aromatic N) is 3. The molecular weight excluding hydrogens is 387 g/mol. The van der Waals surface area contributed by atoms with Crippen LogP contribution in [-0.2, 0) is 9.84 Å². The quantitative estimate of drug-likeness (QED) is 0.694. The molecular formula is C18H17FN4O4S. The SMILES string of the molecule is Cc1noc([C@@H](C)NC(=O)c2cc(-c3ccc(F)cn3)cc(S(C)(=O)=O)c2)n1. The van der Waals surface area contributed by atoms with Crippen LogP contribution in [0, 0.1) is 12.7 Å². The number of halogens is 1. The average Bonchev–Trinajstić information content (AvgIpc) is 3.08. The zero-order valence-corrected chi connectivity index (χ0v) is 16.1. The fourth-order valence-corrected chi connectivity index (χ4v) is 3.15. The molecule has 0 unspecified atom stereocenters. The maximum Gasteiger partial charge on any atom is 0.251 e. The van der Waals surface area contributed by atoms with Gasteiger partial charge in [-0.25, -0.2) is 12.8 Å². The molecule has 1 atom stereocenters. The average molecular weight is 404 g/mol. The van der Waals surface area contributed by atoms with E-state index in [1.54, 1.807) is 13.8 Å². The number of aromatic nitrogens is 3. The van der Waals surface area contributed by atoms with E-state index in [0.29, 0.717) is 17.1 Å². The van der Waals surface area contributed by atoms with Gasteiger partial charge in [-0.05, 0) is 44.2 Å². The molecule has 0 radical (unpaired) electrons. The van der Waals surface area contributed by atoms with Crippen molar-refractivity contribution in [1.29, 1.82) is 0 Å². The molecule has 8 nitrogen and oxygen atoms in total. The molecule has 146 valence electrons. The molecule has 3 aromatic rings. The first kappa shape index (κ1) is 19.6. The molecule has 0 aliphatic rings. The van der Waals surface area contributed by atoms with Crippen LogP contribution in [0.4, 0.5) is 4.39 Å². The molecule has 1 aromatic carbocycles. The smallest absolute Gasteiger partial charge is 0.251 e. The number of rotatable bonds is 5. The number of sulfone groups is 1. The predicted molar refractivity (Wildman–Crippen MR) is 97.7 cm³/mol. The number of hydrogen-bond acceptors (Lipinski definition) is 7. The molecule has 0 aliphatic heterocycles. The van der Waals surface area contributed by atoms with Gasteiger partial charge in [0, 0.05) is 17.4 Å². The van der Waals surface area contributed by atoms with Crippen molar-refractivity contribution in [2.24, 2.45) is 0 Å². The van der Waals surface area contributed by atoms with Crippen molar-refractivity contribution in [1.82, 2.24) is 20.4 Å². The van der Waals surface area contributed by atoms with Gasteiger partial charge in [0.05, 0.1) is 16.8 Å². The molecule has 0 fully saturated rings. The Kier molecular flexibility index (Phi) is 5.23. The van der Waals surface area contributed by atoms with Crippen molar-refractivity contribution in [3.63, 3.8) is 0 Å². The predicted octanol–water partition coefficient (Wildman–Crippen LogP) is 2.47. The summed E-state index contributed by atoms with van der Waals surface area (Å²) >= 11 is 0. The summed E-state index contributed by atoms with van der Waals surface area (Å²) in [6.07, 6.45) is 2.05. The number of hydrogen-bond donors (Lipinski definition) is 1. The Morgan fingerprint density at radius 3 is 2.57 bits per heavy atom. The Morgan fingerprint density at radius 1 is 1.25 bits per heavy atom. The van der Waals surface area contributed by atoms with Crippen molar-refractivity contribution >= 4 is 15.7 Å². The lowest BCUT2D eigenvalue weighted by molar-refractivity contribution is 0.0932. The number of carbonyl (C=O) groups excluding carboxylic acids is 1. The Bertz CT molecular complexity index is 1130. The number of benzene rings is 1. The van der Waals surface area contributed by atoms with Crippen molar-refractivity contribution in [3.05, 3.63) is 59.6 Å². The summed E-state index contributed by atoms with van der Waals surface area (Å²) in [7, 11) is -3.60. The van der Waals surface area contributed by atoms with Gasteiger partial charge < -0.3 is 9.84 Å². The highest BCUT2D eigenvalue weighted by Gasteiger charge is 2.20. The highest BCUT2D eigenvalue weighted by molar-refractivity contribution is 7.90. The summed E-state index contributed by atoms with van der Waals surface area (Å²) in [6, 6.07) is 6.16. The third-order valence-electron chi connectivity index (χ3n) is 3.88. The minimum absolute atomic E-state index is 0.0532. The summed E-state index contributed by atoms with van der Waals surface area (Å²) < 4.78 is 42.3. The molecule has 0 saturated carbocycles. The third kappa shape index (κ3) is 4.39. The largest absolute Gasteiger partial charge is 0.341 e. The number of nitrogens with one attached hydrogen (secondary N) is 1. The Labute approximate surface area is 160 Å². The van der Waals surface area contributed by atoms with Gasteiger partial charge in [-0.15, -0.1) is 0 Å². The van der Waals surface area contributed by atoms with Crippen LogP contribution in [0.2, 0.25) is 0 Å². The van der Waals surface area contributed by atoms with Crippen LogP contribution in [0.1, 0.15) is 35.0 Å². The van der Waals surface area contributed by atoms with E-state index in [9.17, 15) is 17.6 Å². The fourth-order valence-electron chi connectivity index (χ4n) is 2.47. The lowest BCUT2D eigenvalue weighted by Gasteiger charge is -2.12. The van der Waals surface area contributed by atoms with Gasteiger partial charge >= 0.3 is 0 Å². The Hall–Kier alpha value is -3.14. The highest BCUT2D eigenvalue weighted by Crippen LogP contribution is 2.24. The van der Waals surface area contributed by atoms with E-state index in [0.717, 1.165) is 12.5 Å². The number of amides is 1. The van der Waals surface area contributed by atoms with E-state index >= 15 is 0 Å². The van der Waals surface area contributed by atoms with Crippen molar-refractivity contribution in [3.8, 4) is 11.3 Å². The third-order valence-corrected chi connectivity index (χ3v) is 4.97. The highest BCUT2D eigenvalue weighted by atomic mass is 32.2. The molecule has 10 heteroatoms. The van der Waals surface area contributed by atoms with Crippen LogP contribution in [0.15, 0.2) is 45.9 Å². The lowest BCUT2D eigenvalue weighted by Crippen LogP contribution is -2.27.